The Balaban J connectivity index is 1.88. The molecule has 24 heavy (non-hydrogen) atoms. The van der Waals surface area contributed by atoms with E-state index in [9.17, 15) is 22.8 Å². The van der Waals surface area contributed by atoms with E-state index in [4.69, 9.17) is 4.74 Å². The van der Waals surface area contributed by atoms with E-state index in [-0.39, 0.29) is 11.5 Å². The Kier molecular flexibility index (Phi) is 5.57. The predicted molar refractivity (Wildman–Crippen MR) is 80.9 cm³/mol. The van der Waals surface area contributed by atoms with Crippen LogP contribution in [0.4, 0.5) is 13.2 Å². The smallest absolute Gasteiger partial charge is 0.405 e. The third-order valence-corrected chi connectivity index (χ3v) is 3.01. The zero-order valence-electron chi connectivity index (χ0n) is 12.5. The van der Waals surface area contributed by atoms with Crippen LogP contribution in [0.2, 0.25) is 0 Å². The molecule has 0 fully saturated rings. The highest BCUT2D eigenvalue weighted by atomic mass is 19.4. The third-order valence-electron chi connectivity index (χ3n) is 3.01. The molecule has 0 saturated carbocycles. The van der Waals surface area contributed by atoms with Crippen LogP contribution in [0.5, 0.6) is 5.75 Å². The second kappa shape index (κ2) is 7.63. The Morgan fingerprint density at radius 3 is 2.08 bits per heavy atom. The van der Waals surface area contributed by atoms with E-state index >= 15 is 0 Å². The molecule has 2 aromatic carbocycles. The highest BCUT2D eigenvalue weighted by molar-refractivity contribution is 6.08. The lowest BCUT2D eigenvalue weighted by atomic mass is 10.0. The minimum absolute atomic E-state index is 0.162. The number of hydrogen-bond donors (Lipinski definition) is 1. The molecule has 0 aromatic heterocycles. The summed E-state index contributed by atoms with van der Waals surface area (Å²) in [5.74, 6) is -0.761. The molecule has 0 radical (unpaired) electrons. The maximum atomic E-state index is 12.2. The minimum Gasteiger partial charge on any atom is -0.484 e. The number of hydrogen-bond acceptors (Lipinski definition) is 3. The van der Waals surface area contributed by atoms with E-state index in [1.165, 1.54) is 24.3 Å². The fraction of sp³-hybridized carbons (Fsp3) is 0.176. The molecule has 0 saturated heterocycles. The Morgan fingerprint density at radius 1 is 0.917 bits per heavy atom. The summed E-state index contributed by atoms with van der Waals surface area (Å²) in [6.45, 7) is -1.94. The van der Waals surface area contributed by atoms with Crippen LogP contribution in [0.25, 0.3) is 0 Å². The van der Waals surface area contributed by atoms with Gasteiger partial charge in [0.2, 0.25) is 0 Å². The van der Waals surface area contributed by atoms with Gasteiger partial charge in [-0.15, -0.1) is 0 Å². The summed E-state index contributed by atoms with van der Waals surface area (Å²) in [6, 6.07) is 14.7. The van der Waals surface area contributed by atoms with Gasteiger partial charge in [-0.1, -0.05) is 30.3 Å². The molecule has 0 aliphatic carbocycles. The molecule has 0 unspecified atom stereocenters. The lowest BCUT2D eigenvalue weighted by Crippen LogP contribution is -2.36. The van der Waals surface area contributed by atoms with E-state index in [1.54, 1.807) is 35.6 Å². The maximum absolute atomic E-state index is 12.2. The molecule has 0 atom stereocenters. The molecule has 1 N–H and O–H groups in total. The SMILES string of the molecule is O=C(COc1ccc(C(=O)c2ccccc2)cc1)NCC(F)(F)F. The van der Waals surface area contributed by atoms with E-state index in [0.717, 1.165) is 0 Å². The van der Waals surface area contributed by atoms with Gasteiger partial charge >= 0.3 is 6.18 Å². The molecule has 0 heterocycles. The van der Waals surface area contributed by atoms with Crippen molar-refractivity contribution in [3.8, 4) is 5.75 Å². The molecule has 7 heteroatoms. The number of alkyl halides is 3. The zero-order valence-corrected chi connectivity index (χ0v) is 12.5. The summed E-state index contributed by atoms with van der Waals surface area (Å²) in [7, 11) is 0. The van der Waals surface area contributed by atoms with Gasteiger partial charge in [0.05, 0.1) is 0 Å². The van der Waals surface area contributed by atoms with Crippen molar-refractivity contribution >= 4 is 11.7 Å². The molecular weight excluding hydrogens is 323 g/mol. The Labute approximate surface area is 136 Å². The highest BCUT2D eigenvalue weighted by Crippen LogP contribution is 2.16. The number of ketones is 1. The number of amides is 1. The van der Waals surface area contributed by atoms with Gasteiger partial charge in [-0.05, 0) is 24.3 Å². The Morgan fingerprint density at radius 2 is 1.50 bits per heavy atom. The van der Waals surface area contributed by atoms with Crippen molar-refractivity contribution in [2.24, 2.45) is 0 Å². The summed E-state index contributed by atoms with van der Waals surface area (Å²) in [5, 5.41) is 1.70. The summed E-state index contributed by atoms with van der Waals surface area (Å²) in [4.78, 5) is 23.4. The highest BCUT2D eigenvalue weighted by Gasteiger charge is 2.27. The first-order valence-corrected chi connectivity index (χ1v) is 7.01. The number of carbonyl (C=O) groups is 2. The van der Waals surface area contributed by atoms with Gasteiger partial charge in [0.1, 0.15) is 12.3 Å². The first kappa shape index (κ1) is 17.5. The Hall–Kier alpha value is -2.83. The lowest BCUT2D eigenvalue weighted by molar-refractivity contribution is -0.139. The van der Waals surface area contributed by atoms with Crippen LogP contribution in [-0.4, -0.2) is 31.0 Å². The van der Waals surface area contributed by atoms with Crippen molar-refractivity contribution < 1.29 is 27.5 Å². The predicted octanol–water partition coefficient (Wildman–Crippen LogP) is 2.97. The first-order chi connectivity index (χ1) is 11.3. The van der Waals surface area contributed by atoms with Crippen LogP contribution in [0, 0.1) is 0 Å². The second-order valence-electron chi connectivity index (χ2n) is 4.90. The zero-order chi connectivity index (χ0) is 17.6. The van der Waals surface area contributed by atoms with Crippen molar-refractivity contribution in [3.05, 3.63) is 65.7 Å². The molecular formula is C17H14F3NO3. The van der Waals surface area contributed by atoms with Crippen molar-refractivity contribution in [3.63, 3.8) is 0 Å². The quantitative estimate of drug-likeness (QED) is 0.825. The normalized spacial score (nSPS) is 11.0. The standard InChI is InChI=1S/C17H14F3NO3/c18-17(19,20)11-21-15(22)10-24-14-8-6-13(7-9-14)16(23)12-4-2-1-3-5-12/h1-9H,10-11H2,(H,21,22). The van der Waals surface area contributed by atoms with E-state index in [2.05, 4.69) is 0 Å². The number of ether oxygens (including phenoxy) is 1. The first-order valence-electron chi connectivity index (χ1n) is 7.01. The monoisotopic (exact) mass is 337 g/mol. The summed E-state index contributed by atoms with van der Waals surface area (Å²) >= 11 is 0. The van der Waals surface area contributed by atoms with Gasteiger partial charge in [0, 0.05) is 11.1 Å². The van der Waals surface area contributed by atoms with Crippen molar-refractivity contribution in [2.75, 3.05) is 13.2 Å². The molecule has 0 aliphatic heterocycles. The molecule has 4 nitrogen and oxygen atoms in total. The topological polar surface area (TPSA) is 55.4 Å². The number of nitrogens with one attached hydrogen (secondary N) is 1. The van der Waals surface area contributed by atoms with Crippen molar-refractivity contribution in [2.45, 2.75) is 6.18 Å². The van der Waals surface area contributed by atoms with Crippen LogP contribution in [0.15, 0.2) is 54.6 Å². The third kappa shape index (κ3) is 5.42. The van der Waals surface area contributed by atoms with Gasteiger partial charge in [-0.25, -0.2) is 0 Å². The van der Waals surface area contributed by atoms with Crippen LogP contribution >= 0.6 is 0 Å². The van der Waals surface area contributed by atoms with Crippen LogP contribution < -0.4 is 10.1 Å². The van der Waals surface area contributed by atoms with Crippen LogP contribution in [0.3, 0.4) is 0 Å². The summed E-state index contributed by atoms with van der Waals surface area (Å²) < 4.78 is 40.9. The largest absolute Gasteiger partial charge is 0.484 e. The van der Waals surface area contributed by atoms with E-state index in [0.29, 0.717) is 11.1 Å². The molecule has 2 rings (SSSR count). The van der Waals surface area contributed by atoms with Crippen molar-refractivity contribution in [1.29, 1.82) is 0 Å². The summed E-state index contributed by atoms with van der Waals surface area (Å²) in [5.41, 5.74) is 0.979. The number of carbonyl (C=O) groups excluding carboxylic acids is 2. The number of halogens is 3. The minimum atomic E-state index is -4.46. The average molecular weight is 337 g/mol. The van der Waals surface area contributed by atoms with Gasteiger partial charge in [0.15, 0.2) is 12.4 Å². The van der Waals surface area contributed by atoms with Crippen molar-refractivity contribution in [1.82, 2.24) is 5.32 Å². The fourth-order valence-corrected chi connectivity index (χ4v) is 1.86. The average Bonchev–Trinajstić information content (AvgIpc) is 2.58. The maximum Gasteiger partial charge on any atom is 0.405 e. The van der Waals surface area contributed by atoms with Gasteiger partial charge in [-0.3, -0.25) is 9.59 Å². The number of benzene rings is 2. The van der Waals surface area contributed by atoms with Crippen LogP contribution in [-0.2, 0) is 4.79 Å². The van der Waals surface area contributed by atoms with Gasteiger partial charge in [0.25, 0.3) is 5.91 Å². The molecule has 0 aliphatic rings. The molecule has 1 amide bonds. The van der Waals surface area contributed by atoms with E-state index < -0.39 is 25.2 Å². The lowest BCUT2D eigenvalue weighted by Gasteiger charge is -2.09. The molecule has 126 valence electrons. The Bertz CT molecular complexity index is 697. The van der Waals surface area contributed by atoms with Crippen LogP contribution in [0.1, 0.15) is 15.9 Å². The van der Waals surface area contributed by atoms with Gasteiger partial charge in [-0.2, -0.15) is 13.2 Å². The molecule has 2 aromatic rings. The summed E-state index contributed by atoms with van der Waals surface area (Å²) in [6.07, 6.45) is -4.46. The molecule has 0 spiro atoms. The number of rotatable bonds is 6. The fourth-order valence-electron chi connectivity index (χ4n) is 1.86. The van der Waals surface area contributed by atoms with Gasteiger partial charge < -0.3 is 10.1 Å². The molecule has 0 bridgehead atoms. The van der Waals surface area contributed by atoms with E-state index in [1.807, 2.05) is 0 Å². The second-order valence-corrected chi connectivity index (χ2v) is 4.90.